The maximum Gasteiger partial charge on any atom is 0.341 e. The van der Waals surface area contributed by atoms with E-state index in [1.54, 1.807) is 6.07 Å². The molecule has 27 heavy (non-hydrogen) atoms. The Hall–Kier alpha value is -2.16. The first kappa shape index (κ1) is 19.6. The zero-order valence-corrected chi connectivity index (χ0v) is 15.7. The number of carbonyl (C=O) groups is 1. The van der Waals surface area contributed by atoms with Gasteiger partial charge in [0.1, 0.15) is 17.7 Å². The van der Waals surface area contributed by atoms with Gasteiger partial charge in [-0.3, -0.25) is 10.2 Å². The SMILES string of the molecule is CCc1c(C(=N)N[C@H]2C[C@@H](N)C2)ccc2c1CC[C@H]([C@](C)(ON)C(=O)O)O2. The van der Waals surface area contributed by atoms with Crippen LogP contribution < -0.4 is 21.7 Å². The standard InChI is InChI=1S/C19H28N4O4/c1-3-12-13-5-7-16(19(2,27-22)18(24)25)26-15(13)6-4-14(12)17(21)23-11-8-10(20)9-11/h4,6,10-11,16H,3,5,7-9,20,22H2,1-2H3,(H2,21,23)(H,24,25)/t10-,11+,16-,19+/m1/s1. The summed E-state index contributed by atoms with van der Waals surface area (Å²) in [5, 5.41) is 21.1. The summed E-state index contributed by atoms with van der Waals surface area (Å²) in [6.45, 7) is 3.46. The molecule has 1 fully saturated rings. The molecule has 1 heterocycles. The Balaban J connectivity index is 1.83. The van der Waals surface area contributed by atoms with Crippen LogP contribution >= 0.6 is 0 Å². The van der Waals surface area contributed by atoms with Crippen LogP contribution in [0, 0.1) is 5.41 Å². The Morgan fingerprint density at radius 2 is 2.19 bits per heavy atom. The van der Waals surface area contributed by atoms with Gasteiger partial charge < -0.3 is 20.9 Å². The Morgan fingerprint density at radius 1 is 1.48 bits per heavy atom. The van der Waals surface area contributed by atoms with Crippen molar-refractivity contribution in [2.45, 2.75) is 69.7 Å². The number of amidine groups is 1. The normalized spacial score (nSPS) is 26.1. The van der Waals surface area contributed by atoms with Gasteiger partial charge in [0.05, 0.1) is 0 Å². The summed E-state index contributed by atoms with van der Waals surface area (Å²) >= 11 is 0. The monoisotopic (exact) mass is 376 g/mol. The van der Waals surface area contributed by atoms with E-state index in [4.69, 9.17) is 26.6 Å². The summed E-state index contributed by atoms with van der Waals surface area (Å²) in [5.41, 5.74) is 7.14. The number of carboxylic acid groups (broad SMARTS) is 1. The van der Waals surface area contributed by atoms with Gasteiger partial charge in [0.2, 0.25) is 5.60 Å². The van der Waals surface area contributed by atoms with Crippen molar-refractivity contribution < 1.29 is 19.5 Å². The van der Waals surface area contributed by atoms with Gasteiger partial charge in [0.25, 0.3) is 0 Å². The predicted octanol–water partition coefficient (Wildman–Crippen LogP) is 1.08. The van der Waals surface area contributed by atoms with Crippen molar-refractivity contribution in [3.8, 4) is 5.75 Å². The second kappa shape index (κ2) is 7.46. The van der Waals surface area contributed by atoms with Crippen molar-refractivity contribution >= 4 is 11.8 Å². The lowest BCUT2D eigenvalue weighted by Crippen LogP contribution is -2.54. The lowest BCUT2D eigenvalue weighted by atomic mass is 9.85. The third-order valence-electron chi connectivity index (χ3n) is 5.74. The summed E-state index contributed by atoms with van der Waals surface area (Å²) < 4.78 is 5.96. The molecule has 1 aliphatic heterocycles. The van der Waals surface area contributed by atoms with Crippen LogP contribution in [-0.2, 0) is 22.5 Å². The van der Waals surface area contributed by atoms with Gasteiger partial charge >= 0.3 is 5.97 Å². The lowest BCUT2D eigenvalue weighted by molar-refractivity contribution is -0.179. The molecule has 1 aromatic carbocycles. The van der Waals surface area contributed by atoms with E-state index in [0.717, 1.165) is 36.0 Å². The summed E-state index contributed by atoms with van der Waals surface area (Å²) in [6.07, 6.45) is 2.95. The van der Waals surface area contributed by atoms with Crippen LogP contribution in [0.3, 0.4) is 0 Å². The first-order valence-corrected chi connectivity index (χ1v) is 9.33. The molecule has 0 radical (unpaired) electrons. The van der Waals surface area contributed by atoms with E-state index in [2.05, 4.69) is 5.32 Å². The Morgan fingerprint density at radius 3 is 2.74 bits per heavy atom. The fourth-order valence-electron chi connectivity index (χ4n) is 3.90. The number of carboxylic acids is 1. The molecule has 148 valence electrons. The molecule has 2 aliphatic rings. The van der Waals surface area contributed by atoms with Gasteiger partial charge in [-0.25, -0.2) is 10.7 Å². The van der Waals surface area contributed by atoms with Crippen LogP contribution in [-0.4, -0.2) is 40.7 Å². The van der Waals surface area contributed by atoms with Gasteiger partial charge in [-0.1, -0.05) is 6.92 Å². The Kier molecular flexibility index (Phi) is 5.41. The molecule has 0 bridgehead atoms. The maximum atomic E-state index is 11.6. The average molecular weight is 376 g/mol. The van der Waals surface area contributed by atoms with Gasteiger partial charge in [0.15, 0.2) is 0 Å². The summed E-state index contributed by atoms with van der Waals surface area (Å²) in [4.78, 5) is 16.3. The Labute approximate surface area is 158 Å². The number of hydrogen-bond donors (Lipinski definition) is 5. The largest absolute Gasteiger partial charge is 0.486 e. The summed E-state index contributed by atoms with van der Waals surface area (Å²) in [7, 11) is 0. The molecule has 0 saturated heterocycles. The molecule has 0 amide bonds. The van der Waals surface area contributed by atoms with E-state index in [-0.39, 0.29) is 12.1 Å². The predicted molar refractivity (Wildman–Crippen MR) is 101 cm³/mol. The third kappa shape index (κ3) is 3.52. The van der Waals surface area contributed by atoms with E-state index in [1.165, 1.54) is 6.92 Å². The molecule has 8 nitrogen and oxygen atoms in total. The number of fused-ring (bicyclic) bond motifs is 1. The minimum absolute atomic E-state index is 0.225. The molecule has 1 aromatic rings. The quantitative estimate of drug-likeness (QED) is 0.284. The highest BCUT2D eigenvalue weighted by molar-refractivity contribution is 5.98. The van der Waals surface area contributed by atoms with Crippen LogP contribution in [0.25, 0.3) is 0 Å². The molecule has 3 rings (SSSR count). The fourth-order valence-corrected chi connectivity index (χ4v) is 3.90. The van der Waals surface area contributed by atoms with E-state index in [1.807, 2.05) is 13.0 Å². The molecular formula is C19H28N4O4. The first-order chi connectivity index (χ1) is 12.8. The second-order valence-corrected chi connectivity index (χ2v) is 7.54. The number of rotatable bonds is 6. The average Bonchev–Trinajstić information content (AvgIpc) is 2.64. The van der Waals surface area contributed by atoms with Crippen LogP contribution in [0.5, 0.6) is 5.75 Å². The summed E-state index contributed by atoms with van der Waals surface area (Å²) in [6, 6.07) is 4.14. The van der Waals surface area contributed by atoms with Crippen molar-refractivity contribution in [1.82, 2.24) is 5.32 Å². The van der Waals surface area contributed by atoms with Gasteiger partial charge in [-0.2, -0.15) is 0 Å². The molecule has 0 spiro atoms. The number of ether oxygens (including phenoxy) is 1. The van der Waals surface area contributed by atoms with Gasteiger partial charge in [-0.05, 0) is 62.3 Å². The number of nitrogens with one attached hydrogen (secondary N) is 2. The molecule has 0 unspecified atom stereocenters. The minimum Gasteiger partial charge on any atom is -0.486 e. The number of aliphatic carboxylic acids is 1. The van der Waals surface area contributed by atoms with E-state index < -0.39 is 17.7 Å². The van der Waals surface area contributed by atoms with Crippen molar-refractivity contribution in [2.24, 2.45) is 11.6 Å². The molecule has 7 N–H and O–H groups in total. The highest BCUT2D eigenvalue weighted by atomic mass is 16.7. The lowest BCUT2D eigenvalue weighted by Gasteiger charge is -2.37. The van der Waals surface area contributed by atoms with E-state index >= 15 is 0 Å². The van der Waals surface area contributed by atoms with Gasteiger partial charge in [-0.15, -0.1) is 0 Å². The highest BCUT2D eigenvalue weighted by Gasteiger charge is 2.46. The smallest absolute Gasteiger partial charge is 0.341 e. The molecular weight excluding hydrogens is 348 g/mol. The fraction of sp³-hybridized carbons (Fsp3) is 0.579. The van der Waals surface area contributed by atoms with Crippen LogP contribution in [0.1, 0.15) is 49.8 Å². The van der Waals surface area contributed by atoms with Crippen molar-refractivity contribution in [3.05, 3.63) is 28.8 Å². The van der Waals surface area contributed by atoms with Crippen LogP contribution in [0.2, 0.25) is 0 Å². The van der Waals surface area contributed by atoms with Crippen molar-refractivity contribution in [3.63, 3.8) is 0 Å². The second-order valence-electron chi connectivity index (χ2n) is 7.54. The van der Waals surface area contributed by atoms with E-state index in [9.17, 15) is 9.90 Å². The molecule has 8 heteroatoms. The first-order valence-electron chi connectivity index (χ1n) is 9.33. The van der Waals surface area contributed by atoms with Crippen molar-refractivity contribution in [1.29, 1.82) is 5.41 Å². The topological polar surface area (TPSA) is 144 Å². The number of nitrogens with two attached hydrogens (primary N) is 2. The van der Waals surface area contributed by atoms with E-state index in [0.29, 0.717) is 24.4 Å². The van der Waals surface area contributed by atoms with Crippen molar-refractivity contribution in [2.75, 3.05) is 0 Å². The number of hydrogen-bond acceptors (Lipinski definition) is 6. The maximum absolute atomic E-state index is 11.6. The molecule has 2 atom stereocenters. The van der Waals surface area contributed by atoms with Crippen LogP contribution in [0.4, 0.5) is 0 Å². The highest BCUT2D eigenvalue weighted by Crippen LogP contribution is 2.36. The third-order valence-corrected chi connectivity index (χ3v) is 5.74. The van der Waals surface area contributed by atoms with Crippen LogP contribution in [0.15, 0.2) is 12.1 Å². The zero-order valence-electron chi connectivity index (χ0n) is 15.7. The minimum atomic E-state index is -1.61. The molecule has 1 aliphatic carbocycles. The summed E-state index contributed by atoms with van der Waals surface area (Å²) in [5.74, 6) is 5.12. The van der Waals surface area contributed by atoms with Gasteiger partial charge in [0, 0.05) is 17.6 Å². The number of benzene rings is 1. The zero-order chi connectivity index (χ0) is 19.8. The molecule has 1 saturated carbocycles. The molecule has 0 aromatic heterocycles. The Bertz CT molecular complexity index is 747.